The van der Waals surface area contributed by atoms with E-state index in [2.05, 4.69) is 11.9 Å². The van der Waals surface area contributed by atoms with Crippen LogP contribution in [0.3, 0.4) is 0 Å². The molecule has 0 radical (unpaired) electrons. The van der Waals surface area contributed by atoms with Gasteiger partial charge in [-0.3, -0.25) is 19.3 Å². The Hall–Kier alpha value is -3.52. The highest BCUT2D eigenvalue weighted by atomic mass is 32.2. The smallest absolute Gasteiger partial charge is 0.294 e. The van der Waals surface area contributed by atoms with Gasteiger partial charge in [-0.25, -0.2) is 0 Å². The minimum atomic E-state index is -0.511. The molecule has 2 aromatic rings. The number of hydrogen-bond donors (Lipinski definition) is 1. The molecule has 172 valence electrons. The first kappa shape index (κ1) is 24.1. The van der Waals surface area contributed by atoms with Gasteiger partial charge in [-0.05, 0) is 73.5 Å². The topological polar surface area (TPSA) is 84.9 Å². The molecule has 0 aromatic heterocycles. The summed E-state index contributed by atoms with van der Waals surface area (Å²) < 4.78 is 11.2. The molecular formula is C25H26N2O5S. The van der Waals surface area contributed by atoms with E-state index in [1.54, 1.807) is 31.4 Å². The number of hydrogen-bond acceptors (Lipinski definition) is 6. The second-order valence-electron chi connectivity index (χ2n) is 7.32. The third-order valence-electron chi connectivity index (χ3n) is 4.80. The van der Waals surface area contributed by atoms with Crippen molar-refractivity contribution in [2.75, 3.05) is 25.6 Å². The zero-order valence-corrected chi connectivity index (χ0v) is 19.7. The molecule has 1 heterocycles. The zero-order chi connectivity index (χ0) is 24.0. The summed E-state index contributed by atoms with van der Waals surface area (Å²) in [4.78, 5) is 38.9. The molecule has 1 aliphatic rings. The van der Waals surface area contributed by atoms with Crippen LogP contribution >= 0.6 is 11.8 Å². The molecule has 1 aliphatic heterocycles. The fourth-order valence-corrected chi connectivity index (χ4v) is 4.26. The predicted octanol–water partition coefficient (Wildman–Crippen LogP) is 4.81. The summed E-state index contributed by atoms with van der Waals surface area (Å²) in [5.41, 5.74) is 3.13. The van der Waals surface area contributed by atoms with Gasteiger partial charge in [-0.2, -0.15) is 0 Å². The van der Waals surface area contributed by atoms with Crippen LogP contribution in [-0.4, -0.2) is 42.2 Å². The van der Waals surface area contributed by atoms with E-state index in [1.807, 2.05) is 38.1 Å². The lowest BCUT2D eigenvalue weighted by Gasteiger charge is -2.14. The Kier molecular flexibility index (Phi) is 7.95. The average Bonchev–Trinajstić information content (AvgIpc) is 3.01. The second-order valence-corrected chi connectivity index (χ2v) is 8.32. The second kappa shape index (κ2) is 10.9. The van der Waals surface area contributed by atoms with E-state index in [-0.39, 0.29) is 11.4 Å². The van der Waals surface area contributed by atoms with Crippen LogP contribution in [-0.2, 0) is 16.0 Å². The van der Waals surface area contributed by atoms with Crippen molar-refractivity contribution in [3.05, 3.63) is 70.6 Å². The van der Waals surface area contributed by atoms with Crippen molar-refractivity contribution in [1.29, 1.82) is 0 Å². The number of aryl methyl sites for hydroxylation is 1. The number of amides is 3. The molecule has 0 atom stereocenters. The Bertz CT molecular complexity index is 1130. The van der Waals surface area contributed by atoms with Crippen molar-refractivity contribution in [3.63, 3.8) is 0 Å². The molecule has 33 heavy (non-hydrogen) atoms. The minimum Gasteiger partial charge on any atom is -0.493 e. The van der Waals surface area contributed by atoms with Gasteiger partial charge < -0.3 is 14.8 Å². The van der Waals surface area contributed by atoms with Crippen molar-refractivity contribution in [1.82, 2.24) is 4.90 Å². The Balaban J connectivity index is 1.81. The van der Waals surface area contributed by atoms with Crippen LogP contribution in [0.1, 0.15) is 23.6 Å². The van der Waals surface area contributed by atoms with Gasteiger partial charge in [0.25, 0.3) is 11.1 Å². The molecule has 1 fully saturated rings. The van der Waals surface area contributed by atoms with E-state index < -0.39 is 17.1 Å². The number of carbonyl (C=O) groups excluding carboxylic acids is 3. The van der Waals surface area contributed by atoms with Gasteiger partial charge in [0.1, 0.15) is 6.54 Å². The summed E-state index contributed by atoms with van der Waals surface area (Å²) >= 11 is 0.802. The SMILES string of the molecule is C=CCc1cc(/C=C2/SC(=O)N(CC(=O)Nc3cccc(C)c3)C2=O)cc(OCC)c1OC. The lowest BCUT2D eigenvalue weighted by Crippen LogP contribution is -2.36. The van der Waals surface area contributed by atoms with Crippen molar-refractivity contribution in [3.8, 4) is 11.5 Å². The molecule has 1 saturated heterocycles. The maximum atomic E-state index is 12.9. The molecule has 1 N–H and O–H groups in total. The minimum absolute atomic E-state index is 0.237. The Morgan fingerprint density at radius 2 is 2.03 bits per heavy atom. The number of methoxy groups -OCH3 is 1. The lowest BCUT2D eigenvalue weighted by molar-refractivity contribution is -0.127. The fourth-order valence-electron chi connectivity index (χ4n) is 3.42. The molecule has 8 heteroatoms. The number of imide groups is 1. The van der Waals surface area contributed by atoms with Crippen LogP contribution in [0, 0.1) is 6.92 Å². The maximum Gasteiger partial charge on any atom is 0.294 e. The summed E-state index contributed by atoms with van der Waals surface area (Å²) in [5.74, 6) is 0.195. The Labute approximate surface area is 197 Å². The van der Waals surface area contributed by atoms with E-state index >= 15 is 0 Å². The van der Waals surface area contributed by atoms with Crippen molar-refractivity contribution < 1.29 is 23.9 Å². The number of benzene rings is 2. The van der Waals surface area contributed by atoms with Gasteiger partial charge in [0.05, 0.1) is 18.6 Å². The molecule has 0 spiro atoms. The number of ether oxygens (including phenoxy) is 2. The summed E-state index contributed by atoms with van der Waals surface area (Å²) in [6.07, 6.45) is 3.92. The van der Waals surface area contributed by atoms with E-state index in [0.717, 1.165) is 27.8 Å². The molecule has 3 amide bonds. The highest BCUT2D eigenvalue weighted by Gasteiger charge is 2.36. The van der Waals surface area contributed by atoms with Crippen LogP contribution in [0.15, 0.2) is 54.0 Å². The number of carbonyl (C=O) groups is 3. The van der Waals surface area contributed by atoms with Gasteiger partial charge in [0, 0.05) is 11.3 Å². The number of nitrogens with zero attached hydrogens (tertiary/aromatic N) is 1. The third kappa shape index (κ3) is 5.84. The monoisotopic (exact) mass is 466 g/mol. The van der Waals surface area contributed by atoms with Crippen LogP contribution < -0.4 is 14.8 Å². The van der Waals surface area contributed by atoms with Crippen LogP contribution in [0.2, 0.25) is 0 Å². The number of rotatable bonds is 9. The maximum absolute atomic E-state index is 12.9. The van der Waals surface area contributed by atoms with Crippen molar-refractivity contribution in [2.45, 2.75) is 20.3 Å². The van der Waals surface area contributed by atoms with Crippen molar-refractivity contribution in [2.24, 2.45) is 0 Å². The zero-order valence-electron chi connectivity index (χ0n) is 18.8. The molecule has 2 aromatic carbocycles. The Morgan fingerprint density at radius 3 is 2.70 bits per heavy atom. The van der Waals surface area contributed by atoms with E-state index in [4.69, 9.17) is 9.47 Å². The molecule has 3 rings (SSSR count). The van der Waals surface area contributed by atoms with Crippen LogP contribution in [0.25, 0.3) is 6.08 Å². The highest BCUT2D eigenvalue weighted by molar-refractivity contribution is 8.18. The first-order valence-electron chi connectivity index (χ1n) is 10.4. The van der Waals surface area contributed by atoms with Crippen LogP contribution in [0.5, 0.6) is 11.5 Å². The number of thioether (sulfide) groups is 1. The predicted molar refractivity (Wildman–Crippen MR) is 131 cm³/mol. The van der Waals surface area contributed by atoms with Gasteiger partial charge in [0.2, 0.25) is 5.91 Å². The number of allylic oxidation sites excluding steroid dienone is 1. The molecule has 0 saturated carbocycles. The first-order chi connectivity index (χ1) is 15.9. The number of anilines is 1. The molecule has 0 aliphatic carbocycles. The lowest BCUT2D eigenvalue weighted by atomic mass is 10.0. The molecule has 7 nitrogen and oxygen atoms in total. The van der Waals surface area contributed by atoms with Crippen LogP contribution in [0.4, 0.5) is 10.5 Å². The average molecular weight is 467 g/mol. The van der Waals surface area contributed by atoms with Crippen molar-refractivity contribution >= 4 is 40.6 Å². The quantitative estimate of drug-likeness (QED) is 0.422. The fraction of sp³-hybridized carbons (Fsp3) is 0.240. The van der Waals surface area contributed by atoms with Gasteiger partial charge in [0.15, 0.2) is 11.5 Å². The highest BCUT2D eigenvalue weighted by Crippen LogP contribution is 2.37. The standard InChI is InChI=1S/C25H26N2O5S/c1-5-8-18-12-17(13-20(32-6-2)23(18)31-4)14-21-24(29)27(25(30)33-21)15-22(28)26-19-10-7-9-16(3)11-19/h5,7,9-14H,1,6,8,15H2,2-4H3,(H,26,28)/b21-14+. The first-order valence-corrected chi connectivity index (χ1v) is 11.2. The normalized spacial score (nSPS) is 14.5. The summed E-state index contributed by atoms with van der Waals surface area (Å²) in [7, 11) is 1.57. The van der Waals surface area contributed by atoms with E-state index in [0.29, 0.717) is 35.8 Å². The van der Waals surface area contributed by atoms with E-state index in [1.165, 1.54) is 0 Å². The van der Waals surface area contributed by atoms with Gasteiger partial charge in [-0.15, -0.1) is 6.58 Å². The Morgan fingerprint density at radius 1 is 1.24 bits per heavy atom. The largest absolute Gasteiger partial charge is 0.493 e. The molecular weight excluding hydrogens is 440 g/mol. The summed E-state index contributed by atoms with van der Waals surface area (Å²) in [6, 6.07) is 10.9. The molecule has 0 bridgehead atoms. The van der Waals surface area contributed by atoms with E-state index in [9.17, 15) is 14.4 Å². The van der Waals surface area contributed by atoms with Gasteiger partial charge in [-0.1, -0.05) is 18.2 Å². The third-order valence-corrected chi connectivity index (χ3v) is 5.70. The molecule has 0 unspecified atom stereocenters. The number of nitrogens with one attached hydrogen (secondary N) is 1. The van der Waals surface area contributed by atoms with Gasteiger partial charge >= 0.3 is 0 Å². The summed E-state index contributed by atoms with van der Waals surface area (Å²) in [6.45, 7) is 7.64. The summed E-state index contributed by atoms with van der Waals surface area (Å²) in [5, 5.41) is 2.23.